The zero-order chi connectivity index (χ0) is 16.8. The number of azo groups is 1. The third-order valence-corrected chi connectivity index (χ3v) is 3.77. The van der Waals surface area contributed by atoms with Crippen LogP contribution in [-0.4, -0.2) is 47.9 Å². The minimum Gasteiger partial charge on any atom is -0.467 e. The zero-order valence-electron chi connectivity index (χ0n) is 12.0. The first-order chi connectivity index (χ1) is 11.0. The van der Waals surface area contributed by atoms with Gasteiger partial charge in [0.05, 0.1) is 24.7 Å². The average molecular weight is 322 g/mol. The molecule has 0 N–H and O–H groups in total. The molecule has 1 aromatic heterocycles. The molecule has 0 amide bonds. The molecule has 0 radical (unpaired) electrons. The van der Waals surface area contributed by atoms with Crippen LogP contribution >= 0.6 is 0 Å². The first-order valence-electron chi connectivity index (χ1n) is 6.37. The van der Waals surface area contributed by atoms with Crippen molar-refractivity contribution >= 4 is 18.0 Å². The number of hydrogen-bond donors (Lipinski definition) is 0. The lowest BCUT2D eigenvalue weighted by Crippen LogP contribution is -2.45. The molecule has 23 heavy (non-hydrogen) atoms. The van der Waals surface area contributed by atoms with Crippen LogP contribution in [0.25, 0.3) is 6.08 Å². The van der Waals surface area contributed by atoms with Gasteiger partial charge in [0.15, 0.2) is 6.04 Å². The van der Waals surface area contributed by atoms with Crippen LogP contribution in [0.3, 0.4) is 0 Å². The molecule has 1 aliphatic carbocycles. The van der Waals surface area contributed by atoms with Gasteiger partial charge in [-0.3, -0.25) is 10.1 Å². The molecule has 3 atom stereocenters. The summed E-state index contributed by atoms with van der Waals surface area (Å²) in [6.07, 6.45) is 2.44. The molecule has 1 aromatic rings. The molecule has 3 rings (SSSR count). The van der Waals surface area contributed by atoms with E-state index in [-0.39, 0.29) is 17.0 Å². The number of nitrogens with zero attached hydrogens (tertiary/aromatic N) is 4. The topological polar surface area (TPSA) is 146 Å². The first kappa shape index (κ1) is 14.8. The largest absolute Gasteiger partial charge is 0.467 e. The Balaban J connectivity index is 2.16. The van der Waals surface area contributed by atoms with Gasteiger partial charge in [-0.25, -0.2) is 9.59 Å². The van der Waals surface area contributed by atoms with Crippen molar-refractivity contribution in [3.63, 3.8) is 0 Å². The normalized spacial score (nSPS) is 27.2. The number of ether oxygens (including phenoxy) is 2. The Labute approximate surface area is 128 Å². The van der Waals surface area contributed by atoms with Crippen molar-refractivity contribution < 1.29 is 28.5 Å². The van der Waals surface area contributed by atoms with E-state index in [1.807, 2.05) is 0 Å². The Hall–Kier alpha value is -3.11. The Bertz CT molecular complexity index is 767. The first-order valence-corrected chi connectivity index (χ1v) is 6.37. The molecule has 0 fully saturated rings. The Morgan fingerprint density at radius 2 is 2.13 bits per heavy atom. The van der Waals surface area contributed by atoms with E-state index < -0.39 is 34.5 Å². The highest BCUT2D eigenvalue weighted by molar-refractivity contribution is 5.92. The van der Waals surface area contributed by atoms with E-state index in [0.29, 0.717) is 0 Å². The lowest BCUT2D eigenvalue weighted by molar-refractivity contribution is -0.556. The zero-order valence-corrected chi connectivity index (χ0v) is 12.0. The average Bonchev–Trinajstić information content (AvgIpc) is 3.14. The molecule has 2 aliphatic rings. The predicted molar refractivity (Wildman–Crippen MR) is 70.0 cm³/mol. The van der Waals surface area contributed by atoms with Gasteiger partial charge in [-0.15, -0.1) is 5.11 Å². The summed E-state index contributed by atoms with van der Waals surface area (Å²) in [5.41, 5.74) is -1.76. The number of esters is 2. The van der Waals surface area contributed by atoms with Crippen molar-refractivity contribution in [1.82, 2.24) is 5.16 Å². The van der Waals surface area contributed by atoms with Crippen molar-refractivity contribution in [3.05, 3.63) is 33.2 Å². The summed E-state index contributed by atoms with van der Waals surface area (Å²) in [4.78, 5) is 34.4. The minimum absolute atomic E-state index is 0.0324. The molecule has 2 heterocycles. The maximum absolute atomic E-state index is 11.9. The number of carbonyl (C=O) groups is 2. The standard InChI is InChI=1S/C12H10N4O7/c1-21-10(17)8-6-7-5(9(23-14-7)11(18)22-2)3-4-12(6,15-13-8)16(19)20/h3-4,6,8H,1-2H3. The summed E-state index contributed by atoms with van der Waals surface area (Å²) in [5, 5.41) is 22.6. The predicted octanol–water partition coefficient (Wildman–Crippen LogP) is 0.552. The Morgan fingerprint density at radius 1 is 1.39 bits per heavy atom. The summed E-state index contributed by atoms with van der Waals surface area (Å²) >= 11 is 0. The molecule has 11 heteroatoms. The fraction of sp³-hybridized carbons (Fsp3) is 0.417. The lowest BCUT2D eigenvalue weighted by atomic mass is 9.79. The van der Waals surface area contributed by atoms with Gasteiger partial charge >= 0.3 is 17.6 Å². The molecule has 0 aromatic carbocycles. The molecule has 3 unspecified atom stereocenters. The van der Waals surface area contributed by atoms with E-state index >= 15 is 0 Å². The Kier molecular flexibility index (Phi) is 3.20. The van der Waals surface area contributed by atoms with Crippen LogP contribution < -0.4 is 0 Å². The maximum Gasteiger partial charge on any atom is 0.377 e. The van der Waals surface area contributed by atoms with Crippen molar-refractivity contribution in [3.8, 4) is 0 Å². The van der Waals surface area contributed by atoms with Crippen LogP contribution in [0.4, 0.5) is 0 Å². The minimum atomic E-state index is -1.99. The number of carbonyl (C=O) groups excluding carboxylic acids is 2. The molecule has 0 spiro atoms. The maximum atomic E-state index is 11.9. The van der Waals surface area contributed by atoms with Crippen LogP contribution in [0.2, 0.25) is 0 Å². The van der Waals surface area contributed by atoms with Gasteiger partial charge in [-0.05, 0) is 6.08 Å². The van der Waals surface area contributed by atoms with E-state index in [4.69, 9.17) is 4.52 Å². The molecule has 120 valence electrons. The van der Waals surface area contributed by atoms with E-state index in [1.54, 1.807) is 0 Å². The van der Waals surface area contributed by atoms with Crippen molar-refractivity contribution in [2.45, 2.75) is 17.6 Å². The summed E-state index contributed by atoms with van der Waals surface area (Å²) in [6.45, 7) is 0. The number of fused-ring (bicyclic) bond motifs is 3. The SMILES string of the molecule is COC(=O)c1onc2c1C=CC1([N+](=O)[O-])N=NC(C(=O)OC)C21. The molecular weight excluding hydrogens is 312 g/mol. The highest BCUT2D eigenvalue weighted by Crippen LogP contribution is 2.48. The van der Waals surface area contributed by atoms with Gasteiger partial charge in [0.25, 0.3) is 5.76 Å². The second kappa shape index (κ2) is 4.97. The molecule has 11 nitrogen and oxygen atoms in total. The van der Waals surface area contributed by atoms with Gasteiger partial charge in [0.2, 0.25) is 0 Å². The highest BCUT2D eigenvalue weighted by Gasteiger charge is 2.63. The van der Waals surface area contributed by atoms with E-state index in [9.17, 15) is 19.7 Å². The van der Waals surface area contributed by atoms with Crippen LogP contribution in [0.5, 0.6) is 0 Å². The second-order valence-electron chi connectivity index (χ2n) is 4.84. The van der Waals surface area contributed by atoms with Crippen molar-refractivity contribution in [1.29, 1.82) is 0 Å². The van der Waals surface area contributed by atoms with Gasteiger partial charge in [0, 0.05) is 6.08 Å². The Morgan fingerprint density at radius 3 is 2.74 bits per heavy atom. The summed E-state index contributed by atoms with van der Waals surface area (Å²) < 4.78 is 14.1. The lowest BCUT2D eigenvalue weighted by Gasteiger charge is -2.24. The molecular formula is C12H10N4O7. The number of methoxy groups -OCH3 is 2. The van der Waals surface area contributed by atoms with E-state index in [2.05, 4.69) is 24.9 Å². The smallest absolute Gasteiger partial charge is 0.377 e. The van der Waals surface area contributed by atoms with Crippen LogP contribution in [0, 0.1) is 10.1 Å². The van der Waals surface area contributed by atoms with E-state index in [1.165, 1.54) is 6.08 Å². The van der Waals surface area contributed by atoms with Gasteiger partial charge in [-0.1, -0.05) is 5.16 Å². The quantitative estimate of drug-likeness (QED) is 0.445. The number of hydrogen-bond acceptors (Lipinski definition) is 10. The summed E-state index contributed by atoms with van der Waals surface area (Å²) in [6, 6.07) is -1.26. The van der Waals surface area contributed by atoms with Gasteiger partial charge in [0.1, 0.15) is 11.6 Å². The van der Waals surface area contributed by atoms with Crippen LogP contribution in [0.1, 0.15) is 27.7 Å². The second-order valence-corrected chi connectivity index (χ2v) is 4.84. The van der Waals surface area contributed by atoms with Crippen molar-refractivity contribution in [2.24, 2.45) is 10.2 Å². The van der Waals surface area contributed by atoms with Crippen LogP contribution in [-0.2, 0) is 14.3 Å². The highest BCUT2D eigenvalue weighted by atomic mass is 16.6. The third kappa shape index (κ3) is 1.86. The monoisotopic (exact) mass is 322 g/mol. The molecule has 0 saturated heterocycles. The number of rotatable bonds is 3. The number of nitro groups is 1. The van der Waals surface area contributed by atoms with E-state index in [0.717, 1.165) is 20.3 Å². The fourth-order valence-corrected chi connectivity index (χ4v) is 2.66. The molecule has 0 saturated carbocycles. The summed E-state index contributed by atoms with van der Waals surface area (Å²) in [5.74, 6) is -2.98. The van der Waals surface area contributed by atoms with Crippen LogP contribution in [0.15, 0.2) is 20.8 Å². The number of aromatic nitrogens is 1. The third-order valence-electron chi connectivity index (χ3n) is 3.77. The molecule has 0 bridgehead atoms. The molecule has 1 aliphatic heterocycles. The van der Waals surface area contributed by atoms with Gasteiger partial charge < -0.3 is 14.0 Å². The van der Waals surface area contributed by atoms with Gasteiger partial charge in [-0.2, -0.15) is 5.11 Å². The summed E-state index contributed by atoms with van der Waals surface area (Å²) in [7, 11) is 2.29. The van der Waals surface area contributed by atoms with Crippen molar-refractivity contribution in [2.75, 3.05) is 14.2 Å². The fourth-order valence-electron chi connectivity index (χ4n) is 2.66.